The summed E-state index contributed by atoms with van der Waals surface area (Å²) in [6.07, 6.45) is 3.49. The largest absolute Gasteiger partial charge is 0.354 e. The molecule has 0 spiro atoms. The lowest BCUT2D eigenvalue weighted by molar-refractivity contribution is -0.523. The van der Waals surface area contributed by atoms with E-state index in [-0.39, 0.29) is 16.9 Å². The van der Waals surface area contributed by atoms with E-state index >= 15 is 0 Å². The average Bonchev–Trinajstić information content (AvgIpc) is 2.89. The van der Waals surface area contributed by atoms with Crippen molar-refractivity contribution in [1.29, 1.82) is 0 Å². The van der Waals surface area contributed by atoms with E-state index in [1.54, 1.807) is 0 Å². The van der Waals surface area contributed by atoms with Gasteiger partial charge < -0.3 is 10.7 Å². The zero-order valence-corrected chi connectivity index (χ0v) is 19.8. The minimum Gasteiger partial charge on any atom is -0.354 e. The van der Waals surface area contributed by atoms with Crippen LogP contribution in [-0.4, -0.2) is 63.2 Å². The number of pyridine rings is 1. The first-order valence-electron chi connectivity index (χ1n) is 12.3. The van der Waals surface area contributed by atoms with Crippen LogP contribution in [0.3, 0.4) is 0 Å². The van der Waals surface area contributed by atoms with Crippen molar-refractivity contribution in [2.75, 3.05) is 43.5 Å². The second kappa shape index (κ2) is 9.99. The number of aromatic nitrogens is 3. The zero-order chi connectivity index (χ0) is 24.4. The molecule has 0 radical (unpaired) electrons. The van der Waals surface area contributed by atoms with Crippen molar-refractivity contribution in [1.82, 2.24) is 19.5 Å². The molecule has 1 saturated heterocycles. The molecule has 2 aromatic heterocycles. The zero-order valence-electron chi connectivity index (χ0n) is 19.8. The van der Waals surface area contributed by atoms with Gasteiger partial charge in [-0.05, 0) is 44.0 Å². The Bertz CT molecular complexity index is 1280. The van der Waals surface area contributed by atoms with Gasteiger partial charge in [-0.25, -0.2) is 14.6 Å². The van der Waals surface area contributed by atoms with Crippen molar-refractivity contribution in [3.63, 3.8) is 0 Å². The molecule has 1 fully saturated rings. The molecule has 1 unspecified atom stereocenters. The summed E-state index contributed by atoms with van der Waals surface area (Å²) in [4.78, 5) is 37.7. The Labute approximate surface area is 203 Å². The number of hydrogen-bond acceptors (Lipinski definition) is 8. The number of rotatable bonds is 7. The molecule has 10 nitrogen and oxygen atoms in total. The number of fused-ring (bicyclic) bond motifs is 2. The highest BCUT2D eigenvalue weighted by Gasteiger charge is 2.31. The maximum Gasteiger partial charge on any atom is 0.275 e. The third kappa shape index (κ3) is 4.97. The molecule has 3 heterocycles. The number of para-hydroxylation sites is 1. The number of nitrogens with zero attached hydrogens (tertiary/aromatic N) is 6. The number of benzene rings is 1. The van der Waals surface area contributed by atoms with Crippen molar-refractivity contribution in [3.05, 3.63) is 73.9 Å². The Morgan fingerprint density at radius 2 is 1.86 bits per heavy atom. The van der Waals surface area contributed by atoms with Crippen LogP contribution in [0.15, 0.2) is 41.2 Å². The summed E-state index contributed by atoms with van der Waals surface area (Å²) in [5.41, 5.74) is 1.78. The highest BCUT2D eigenvalue weighted by Crippen LogP contribution is 2.21. The van der Waals surface area contributed by atoms with Gasteiger partial charge in [-0.2, -0.15) is 0 Å². The minimum atomic E-state index is -0.722. The van der Waals surface area contributed by atoms with Gasteiger partial charge in [0, 0.05) is 61.3 Å². The molecule has 35 heavy (non-hydrogen) atoms. The predicted molar refractivity (Wildman–Crippen MR) is 135 cm³/mol. The molecule has 3 aromatic rings. The molecule has 184 valence electrons. The molecule has 10 heteroatoms. The van der Waals surface area contributed by atoms with Crippen LogP contribution in [0.25, 0.3) is 10.9 Å². The van der Waals surface area contributed by atoms with Crippen molar-refractivity contribution < 1.29 is 4.92 Å². The maximum atomic E-state index is 12.7. The minimum absolute atomic E-state index is 0.117. The van der Waals surface area contributed by atoms with Crippen LogP contribution >= 0.6 is 0 Å². The van der Waals surface area contributed by atoms with E-state index in [4.69, 9.17) is 10.8 Å². The molecule has 1 aliphatic carbocycles. The lowest BCUT2D eigenvalue weighted by Gasteiger charge is -2.35. The average molecular weight is 478 g/mol. The Kier molecular flexibility index (Phi) is 6.63. The number of unbranched alkanes of at least 4 members (excludes halogenated alkanes) is 1. The molecule has 0 saturated carbocycles. The molecule has 2 N–H and O–H groups in total. The molecule has 1 atom stereocenters. The van der Waals surface area contributed by atoms with E-state index in [2.05, 4.69) is 39.0 Å². The number of nitro groups is 1. The summed E-state index contributed by atoms with van der Waals surface area (Å²) < 4.78 is 1.09. The van der Waals surface area contributed by atoms with Crippen LogP contribution in [0.1, 0.15) is 36.3 Å². The highest BCUT2D eigenvalue weighted by molar-refractivity contribution is 5.80. The standard InChI is InChI=1S/C25H31N7O3/c26-31-24(28-22-10-9-19(32(34)35)17-20(22)25(31)33)7-3-4-12-29-13-15-30(16-14-29)23-11-8-18-5-1-2-6-21(18)27-23/h1-2,5-6,8,11,19H,3-4,7,9-10,12-17,26H2. The van der Waals surface area contributed by atoms with Gasteiger partial charge in [-0.15, -0.1) is 0 Å². The van der Waals surface area contributed by atoms with Crippen molar-refractivity contribution >= 4 is 16.7 Å². The summed E-state index contributed by atoms with van der Waals surface area (Å²) in [5, 5.41) is 12.3. The van der Waals surface area contributed by atoms with Crippen LogP contribution in [0.5, 0.6) is 0 Å². The van der Waals surface area contributed by atoms with Crippen molar-refractivity contribution in [3.8, 4) is 0 Å². The Hall–Kier alpha value is -3.53. The number of hydrogen-bond donors (Lipinski definition) is 1. The van der Waals surface area contributed by atoms with E-state index in [0.717, 1.165) is 67.0 Å². The van der Waals surface area contributed by atoms with Gasteiger partial charge in [0.1, 0.15) is 11.6 Å². The van der Waals surface area contributed by atoms with E-state index in [1.807, 2.05) is 12.1 Å². The summed E-state index contributed by atoms with van der Waals surface area (Å²) in [7, 11) is 0. The Balaban J connectivity index is 1.10. The lowest BCUT2D eigenvalue weighted by atomic mass is 9.93. The Morgan fingerprint density at radius 1 is 1.06 bits per heavy atom. The summed E-state index contributed by atoms with van der Waals surface area (Å²) >= 11 is 0. The smallest absolute Gasteiger partial charge is 0.275 e. The predicted octanol–water partition coefficient (Wildman–Crippen LogP) is 1.78. The normalized spacial score (nSPS) is 18.5. The highest BCUT2D eigenvalue weighted by atomic mass is 16.6. The first kappa shape index (κ1) is 23.2. The van der Waals surface area contributed by atoms with Gasteiger partial charge in [-0.1, -0.05) is 18.2 Å². The van der Waals surface area contributed by atoms with Crippen LogP contribution in [0.4, 0.5) is 5.82 Å². The number of anilines is 1. The van der Waals surface area contributed by atoms with Crippen molar-refractivity contribution in [2.45, 2.75) is 44.6 Å². The second-order valence-electron chi connectivity index (χ2n) is 9.46. The molecule has 1 aromatic carbocycles. The fourth-order valence-electron chi connectivity index (χ4n) is 5.12. The van der Waals surface area contributed by atoms with Gasteiger partial charge in [-0.3, -0.25) is 19.8 Å². The van der Waals surface area contributed by atoms with Gasteiger partial charge in [0.15, 0.2) is 0 Å². The molecule has 0 amide bonds. The fourth-order valence-corrected chi connectivity index (χ4v) is 5.12. The van der Waals surface area contributed by atoms with Crippen LogP contribution < -0.4 is 16.3 Å². The monoisotopic (exact) mass is 477 g/mol. The summed E-state index contributed by atoms with van der Waals surface area (Å²) in [6.45, 7) is 4.87. The second-order valence-corrected chi connectivity index (χ2v) is 9.46. The van der Waals surface area contributed by atoms with E-state index < -0.39 is 6.04 Å². The molecular weight excluding hydrogens is 446 g/mol. The SMILES string of the molecule is Nn1c(CCCCN2CCN(c3ccc4ccccc4n3)CC2)nc2c(c1=O)CC([N+](=O)[O-])CC2. The van der Waals surface area contributed by atoms with Gasteiger partial charge in [0.05, 0.1) is 11.2 Å². The molecular formula is C25H31N7O3. The quantitative estimate of drug-likeness (QED) is 0.236. The van der Waals surface area contributed by atoms with Gasteiger partial charge in [0.25, 0.3) is 5.56 Å². The molecule has 2 aliphatic rings. The summed E-state index contributed by atoms with van der Waals surface area (Å²) in [6, 6.07) is 11.7. The van der Waals surface area contributed by atoms with Crippen molar-refractivity contribution in [2.24, 2.45) is 0 Å². The van der Waals surface area contributed by atoms with E-state index in [0.29, 0.717) is 36.3 Å². The van der Waals surface area contributed by atoms with Crippen LogP contribution in [0.2, 0.25) is 0 Å². The number of nitrogen functional groups attached to an aromatic ring is 1. The number of aryl methyl sites for hydroxylation is 2. The number of nitrogens with two attached hydrogens (primary N) is 1. The molecule has 1 aliphatic heterocycles. The van der Waals surface area contributed by atoms with Crippen LogP contribution in [0, 0.1) is 10.1 Å². The lowest BCUT2D eigenvalue weighted by Crippen LogP contribution is -2.46. The third-order valence-electron chi connectivity index (χ3n) is 7.22. The molecule has 0 bridgehead atoms. The van der Waals surface area contributed by atoms with Gasteiger partial charge in [0.2, 0.25) is 6.04 Å². The maximum absolute atomic E-state index is 12.7. The van der Waals surface area contributed by atoms with E-state index in [9.17, 15) is 14.9 Å². The molecule has 5 rings (SSSR count). The fraction of sp³-hybridized carbons (Fsp3) is 0.480. The Morgan fingerprint density at radius 3 is 2.66 bits per heavy atom. The topological polar surface area (TPSA) is 123 Å². The van der Waals surface area contributed by atoms with E-state index in [1.165, 1.54) is 0 Å². The number of piperazine rings is 1. The first-order chi connectivity index (χ1) is 17.0. The van der Waals surface area contributed by atoms with Crippen LogP contribution in [-0.2, 0) is 19.3 Å². The first-order valence-corrected chi connectivity index (χ1v) is 12.3. The summed E-state index contributed by atoms with van der Waals surface area (Å²) in [5.74, 6) is 7.61. The van der Waals surface area contributed by atoms with Gasteiger partial charge >= 0.3 is 0 Å². The third-order valence-corrected chi connectivity index (χ3v) is 7.22.